The second-order valence-corrected chi connectivity index (χ2v) is 5.59. The first-order valence-corrected chi connectivity index (χ1v) is 7.11. The first-order chi connectivity index (χ1) is 10.0. The summed E-state index contributed by atoms with van der Waals surface area (Å²) in [7, 11) is 0. The summed E-state index contributed by atoms with van der Waals surface area (Å²) in [6.45, 7) is 4.03. The molecule has 1 aromatic heterocycles. The summed E-state index contributed by atoms with van der Waals surface area (Å²) in [5, 5.41) is 5.32. The quantitative estimate of drug-likeness (QED) is 0.762. The van der Waals surface area contributed by atoms with Crippen LogP contribution in [0, 0.1) is 13.8 Å². The van der Waals surface area contributed by atoms with Crippen molar-refractivity contribution in [3.8, 4) is 16.9 Å². The minimum Gasteiger partial charge on any atom is -0.396 e. The topological polar surface area (TPSA) is 43.8 Å². The molecule has 1 heterocycles. The third-order valence-corrected chi connectivity index (χ3v) is 3.86. The molecule has 106 valence electrons. The number of anilines is 1. The molecule has 0 bridgehead atoms. The van der Waals surface area contributed by atoms with Crippen LogP contribution in [-0.2, 0) is 0 Å². The van der Waals surface area contributed by atoms with Gasteiger partial charge in [0.15, 0.2) is 0 Å². The van der Waals surface area contributed by atoms with Crippen molar-refractivity contribution in [1.29, 1.82) is 0 Å². The smallest absolute Gasteiger partial charge is 0.116 e. The number of halogens is 1. The van der Waals surface area contributed by atoms with Gasteiger partial charge in [-0.1, -0.05) is 41.4 Å². The van der Waals surface area contributed by atoms with Crippen molar-refractivity contribution < 1.29 is 0 Å². The third-order valence-electron chi connectivity index (χ3n) is 3.45. The Morgan fingerprint density at radius 3 is 2.62 bits per heavy atom. The van der Waals surface area contributed by atoms with Crippen LogP contribution in [0.25, 0.3) is 16.9 Å². The van der Waals surface area contributed by atoms with E-state index in [-0.39, 0.29) is 0 Å². The molecule has 0 radical (unpaired) electrons. The summed E-state index contributed by atoms with van der Waals surface area (Å²) < 4.78 is 1.76. The minimum absolute atomic E-state index is 0.650. The van der Waals surface area contributed by atoms with E-state index in [2.05, 4.69) is 24.2 Å². The van der Waals surface area contributed by atoms with Gasteiger partial charge in [0, 0.05) is 10.6 Å². The Morgan fingerprint density at radius 1 is 1.10 bits per heavy atom. The van der Waals surface area contributed by atoms with Crippen molar-refractivity contribution in [2.24, 2.45) is 0 Å². The van der Waals surface area contributed by atoms with E-state index < -0.39 is 0 Å². The predicted molar refractivity (Wildman–Crippen MR) is 87.9 cm³/mol. The highest BCUT2D eigenvalue weighted by atomic mass is 35.5. The average Bonchev–Trinajstić information content (AvgIpc) is 2.84. The molecular weight excluding hydrogens is 282 g/mol. The summed E-state index contributed by atoms with van der Waals surface area (Å²) in [5.74, 6) is 0. The molecule has 0 saturated heterocycles. The van der Waals surface area contributed by atoms with Crippen molar-refractivity contribution in [1.82, 2.24) is 9.78 Å². The Bertz CT molecular complexity index is 806. The van der Waals surface area contributed by atoms with Gasteiger partial charge in [0.1, 0.15) is 5.69 Å². The summed E-state index contributed by atoms with van der Waals surface area (Å²) in [5.41, 5.74) is 11.7. The van der Waals surface area contributed by atoms with Crippen LogP contribution in [-0.4, -0.2) is 9.78 Å². The number of rotatable bonds is 2. The predicted octanol–water partition coefficient (Wildman–Crippen LogP) is 4.39. The average molecular weight is 298 g/mol. The zero-order chi connectivity index (χ0) is 15.0. The lowest BCUT2D eigenvalue weighted by atomic mass is 10.1. The van der Waals surface area contributed by atoms with E-state index in [4.69, 9.17) is 17.3 Å². The molecule has 4 heteroatoms. The fourth-order valence-electron chi connectivity index (χ4n) is 2.26. The zero-order valence-corrected chi connectivity index (χ0v) is 12.7. The van der Waals surface area contributed by atoms with E-state index in [0.717, 1.165) is 27.5 Å². The lowest BCUT2D eigenvalue weighted by Crippen LogP contribution is -1.95. The van der Waals surface area contributed by atoms with Gasteiger partial charge in [0.2, 0.25) is 0 Å². The number of aryl methyl sites for hydroxylation is 2. The van der Waals surface area contributed by atoms with Gasteiger partial charge < -0.3 is 5.73 Å². The number of hydrogen-bond donors (Lipinski definition) is 1. The van der Waals surface area contributed by atoms with Gasteiger partial charge in [-0.3, -0.25) is 0 Å². The van der Waals surface area contributed by atoms with Crippen molar-refractivity contribution in [3.05, 3.63) is 64.8 Å². The molecule has 0 aliphatic heterocycles. The standard InChI is InChI=1S/C17H16ClN3/c1-11-4-3-5-13(8-11)17-16(19)10-21(20-17)14-7-6-12(2)15(18)9-14/h3-10H,19H2,1-2H3. The molecule has 3 rings (SSSR count). The monoisotopic (exact) mass is 297 g/mol. The number of benzene rings is 2. The Hall–Kier alpha value is -2.26. The fraction of sp³-hybridized carbons (Fsp3) is 0.118. The fourth-order valence-corrected chi connectivity index (χ4v) is 2.44. The van der Waals surface area contributed by atoms with E-state index in [1.165, 1.54) is 5.56 Å². The Labute approximate surface area is 129 Å². The van der Waals surface area contributed by atoms with Crippen molar-refractivity contribution in [2.45, 2.75) is 13.8 Å². The van der Waals surface area contributed by atoms with E-state index in [1.54, 1.807) is 4.68 Å². The molecule has 3 aromatic rings. The molecular formula is C17H16ClN3. The molecule has 3 nitrogen and oxygen atoms in total. The maximum atomic E-state index is 6.18. The lowest BCUT2D eigenvalue weighted by molar-refractivity contribution is 0.884. The van der Waals surface area contributed by atoms with Crippen molar-refractivity contribution >= 4 is 17.3 Å². The van der Waals surface area contributed by atoms with Crippen LogP contribution in [0.15, 0.2) is 48.7 Å². The van der Waals surface area contributed by atoms with Crippen LogP contribution >= 0.6 is 11.6 Å². The number of hydrogen-bond acceptors (Lipinski definition) is 2. The van der Waals surface area contributed by atoms with Gasteiger partial charge in [0.05, 0.1) is 17.6 Å². The van der Waals surface area contributed by atoms with Gasteiger partial charge in [-0.25, -0.2) is 4.68 Å². The number of nitrogens with zero attached hydrogens (tertiary/aromatic N) is 2. The van der Waals surface area contributed by atoms with Crippen molar-refractivity contribution in [3.63, 3.8) is 0 Å². The highest BCUT2D eigenvalue weighted by Crippen LogP contribution is 2.27. The highest BCUT2D eigenvalue weighted by Gasteiger charge is 2.10. The van der Waals surface area contributed by atoms with Crippen LogP contribution in [0.4, 0.5) is 5.69 Å². The molecule has 0 amide bonds. The molecule has 21 heavy (non-hydrogen) atoms. The Kier molecular flexibility index (Phi) is 3.43. The largest absolute Gasteiger partial charge is 0.396 e. The molecule has 0 atom stereocenters. The first-order valence-electron chi connectivity index (χ1n) is 6.73. The second kappa shape index (κ2) is 5.26. The van der Waals surface area contributed by atoms with Crippen LogP contribution in [0.5, 0.6) is 0 Å². The van der Waals surface area contributed by atoms with E-state index in [1.807, 2.05) is 43.5 Å². The number of aromatic nitrogens is 2. The minimum atomic E-state index is 0.650. The van der Waals surface area contributed by atoms with Gasteiger partial charge in [-0.15, -0.1) is 0 Å². The summed E-state index contributed by atoms with van der Waals surface area (Å²) >= 11 is 6.18. The molecule has 2 N–H and O–H groups in total. The lowest BCUT2D eigenvalue weighted by Gasteiger charge is -2.04. The summed E-state index contributed by atoms with van der Waals surface area (Å²) in [6, 6.07) is 14.0. The van der Waals surface area contributed by atoms with Gasteiger partial charge >= 0.3 is 0 Å². The molecule has 0 aliphatic rings. The van der Waals surface area contributed by atoms with Crippen LogP contribution < -0.4 is 5.73 Å². The van der Waals surface area contributed by atoms with Crippen LogP contribution in [0.2, 0.25) is 5.02 Å². The first kappa shape index (κ1) is 13.7. The Morgan fingerprint density at radius 2 is 1.90 bits per heavy atom. The maximum Gasteiger partial charge on any atom is 0.116 e. The van der Waals surface area contributed by atoms with E-state index in [0.29, 0.717) is 5.69 Å². The molecule has 2 aromatic carbocycles. The van der Waals surface area contributed by atoms with Gasteiger partial charge in [0.25, 0.3) is 0 Å². The van der Waals surface area contributed by atoms with Crippen LogP contribution in [0.1, 0.15) is 11.1 Å². The second-order valence-electron chi connectivity index (χ2n) is 5.18. The normalized spacial score (nSPS) is 10.8. The maximum absolute atomic E-state index is 6.18. The SMILES string of the molecule is Cc1cccc(-c2nn(-c3ccc(C)c(Cl)c3)cc2N)c1. The van der Waals surface area contributed by atoms with Crippen LogP contribution in [0.3, 0.4) is 0 Å². The summed E-state index contributed by atoms with van der Waals surface area (Å²) in [4.78, 5) is 0. The van der Waals surface area contributed by atoms with E-state index >= 15 is 0 Å². The molecule has 0 aliphatic carbocycles. The Balaban J connectivity index is 2.07. The van der Waals surface area contributed by atoms with Gasteiger partial charge in [-0.05, 0) is 37.6 Å². The zero-order valence-electron chi connectivity index (χ0n) is 12.0. The molecule has 0 fully saturated rings. The molecule has 0 saturated carbocycles. The number of nitrogen functional groups attached to an aromatic ring is 1. The third kappa shape index (κ3) is 2.65. The highest BCUT2D eigenvalue weighted by molar-refractivity contribution is 6.31. The van der Waals surface area contributed by atoms with E-state index in [9.17, 15) is 0 Å². The number of nitrogens with two attached hydrogens (primary N) is 1. The van der Waals surface area contributed by atoms with Gasteiger partial charge in [-0.2, -0.15) is 5.10 Å². The van der Waals surface area contributed by atoms with Crippen molar-refractivity contribution in [2.75, 3.05) is 5.73 Å². The summed E-state index contributed by atoms with van der Waals surface area (Å²) in [6.07, 6.45) is 1.82. The molecule has 0 spiro atoms. The molecule has 0 unspecified atom stereocenters.